The summed E-state index contributed by atoms with van der Waals surface area (Å²) in [6.07, 6.45) is 0.562. The van der Waals surface area contributed by atoms with E-state index in [1.807, 2.05) is 0 Å². The summed E-state index contributed by atoms with van der Waals surface area (Å²) in [7, 11) is 0. The minimum atomic E-state index is -0.389. The molecule has 1 heterocycles. The first-order valence-corrected chi connectivity index (χ1v) is 4.63. The van der Waals surface area contributed by atoms with Crippen molar-refractivity contribution in [2.24, 2.45) is 5.73 Å². The number of anilines is 1. The Bertz CT molecular complexity index is 498. The molecule has 0 saturated carbocycles. The van der Waals surface area contributed by atoms with E-state index in [9.17, 15) is 4.39 Å². The molecule has 0 spiro atoms. The molecular weight excluding hydrogens is 195 g/mol. The van der Waals surface area contributed by atoms with Gasteiger partial charge < -0.3 is 11.5 Å². The van der Waals surface area contributed by atoms with Crippen LogP contribution >= 0.6 is 0 Å². The van der Waals surface area contributed by atoms with Gasteiger partial charge in [0.25, 0.3) is 0 Å². The lowest BCUT2D eigenvalue weighted by atomic mass is 10.1. The van der Waals surface area contributed by atoms with Gasteiger partial charge in [0, 0.05) is 11.8 Å². The fraction of sp³-hybridized carbons (Fsp3) is 0.200. The van der Waals surface area contributed by atoms with Crippen LogP contribution in [0.1, 0.15) is 5.69 Å². The summed E-state index contributed by atoms with van der Waals surface area (Å²) >= 11 is 0. The zero-order valence-electron chi connectivity index (χ0n) is 8.07. The Labute approximate surface area is 86.1 Å². The van der Waals surface area contributed by atoms with Crippen LogP contribution in [0.3, 0.4) is 0 Å². The SMILES string of the molecule is NCCc1nc(N)nc2c(F)cccc12. The number of aromatic nitrogens is 2. The Morgan fingerprint density at radius 3 is 2.80 bits per heavy atom. The van der Waals surface area contributed by atoms with Crippen molar-refractivity contribution in [3.05, 3.63) is 29.7 Å². The first-order valence-electron chi connectivity index (χ1n) is 4.63. The molecule has 5 heteroatoms. The molecule has 0 fully saturated rings. The number of halogens is 1. The van der Waals surface area contributed by atoms with Gasteiger partial charge in [-0.1, -0.05) is 12.1 Å². The van der Waals surface area contributed by atoms with E-state index >= 15 is 0 Å². The molecule has 2 rings (SSSR count). The third-order valence-corrected chi connectivity index (χ3v) is 2.15. The molecule has 4 nitrogen and oxygen atoms in total. The predicted octanol–water partition coefficient (Wildman–Crippen LogP) is 0.852. The molecule has 0 aliphatic rings. The van der Waals surface area contributed by atoms with Crippen LogP contribution in [0, 0.1) is 5.82 Å². The Kier molecular flexibility index (Phi) is 2.47. The summed E-state index contributed by atoms with van der Waals surface area (Å²) < 4.78 is 13.4. The number of fused-ring (bicyclic) bond motifs is 1. The Hall–Kier alpha value is -1.75. The highest BCUT2D eigenvalue weighted by Gasteiger charge is 2.08. The summed E-state index contributed by atoms with van der Waals surface area (Å²) in [5.74, 6) is -0.309. The molecule has 15 heavy (non-hydrogen) atoms. The molecule has 0 atom stereocenters. The molecule has 0 radical (unpaired) electrons. The van der Waals surface area contributed by atoms with Crippen LogP contribution < -0.4 is 11.5 Å². The summed E-state index contributed by atoms with van der Waals surface area (Å²) in [5.41, 5.74) is 11.9. The highest BCUT2D eigenvalue weighted by Crippen LogP contribution is 2.19. The maximum absolute atomic E-state index is 13.4. The average molecular weight is 206 g/mol. The largest absolute Gasteiger partial charge is 0.368 e. The molecule has 0 bridgehead atoms. The van der Waals surface area contributed by atoms with Gasteiger partial charge in [-0.25, -0.2) is 14.4 Å². The number of hydrogen-bond acceptors (Lipinski definition) is 4. The quantitative estimate of drug-likeness (QED) is 0.763. The van der Waals surface area contributed by atoms with E-state index < -0.39 is 0 Å². The van der Waals surface area contributed by atoms with Crippen LogP contribution in [0.4, 0.5) is 10.3 Å². The van der Waals surface area contributed by atoms with E-state index in [-0.39, 0.29) is 17.3 Å². The van der Waals surface area contributed by atoms with Crippen LogP contribution in [0.15, 0.2) is 18.2 Å². The van der Waals surface area contributed by atoms with Gasteiger partial charge in [0.2, 0.25) is 5.95 Å². The van der Waals surface area contributed by atoms with E-state index in [1.165, 1.54) is 6.07 Å². The second-order valence-electron chi connectivity index (χ2n) is 3.20. The first-order chi connectivity index (χ1) is 7.22. The van der Waals surface area contributed by atoms with Gasteiger partial charge in [-0.2, -0.15) is 0 Å². The molecular formula is C10H11FN4. The number of para-hydroxylation sites is 1. The highest BCUT2D eigenvalue weighted by molar-refractivity contribution is 5.82. The zero-order chi connectivity index (χ0) is 10.8. The van der Waals surface area contributed by atoms with Crippen LogP contribution in [0.5, 0.6) is 0 Å². The lowest BCUT2D eigenvalue weighted by Crippen LogP contribution is -2.08. The molecule has 0 amide bonds. The molecule has 4 N–H and O–H groups in total. The van der Waals surface area contributed by atoms with E-state index in [0.29, 0.717) is 24.0 Å². The predicted molar refractivity (Wildman–Crippen MR) is 56.7 cm³/mol. The van der Waals surface area contributed by atoms with E-state index in [1.54, 1.807) is 12.1 Å². The van der Waals surface area contributed by atoms with Crippen LogP contribution in [-0.2, 0) is 6.42 Å². The van der Waals surface area contributed by atoms with E-state index in [4.69, 9.17) is 11.5 Å². The van der Waals surface area contributed by atoms with Crippen molar-refractivity contribution in [1.82, 2.24) is 9.97 Å². The van der Waals surface area contributed by atoms with Crippen LogP contribution in [0.2, 0.25) is 0 Å². The molecule has 0 aliphatic heterocycles. The molecule has 0 aliphatic carbocycles. The number of nitrogen functional groups attached to an aromatic ring is 1. The third kappa shape index (κ3) is 1.73. The van der Waals surface area contributed by atoms with Gasteiger partial charge in [0.1, 0.15) is 11.3 Å². The summed E-state index contributed by atoms with van der Waals surface area (Å²) in [4.78, 5) is 7.92. The van der Waals surface area contributed by atoms with Crippen molar-refractivity contribution in [3.8, 4) is 0 Å². The van der Waals surface area contributed by atoms with Crippen molar-refractivity contribution >= 4 is 16.9 Å². The third-order valence-electron chi connectivity index (χ3n) is 2.15. The molecule has 1 aromatic carbocycles. The maximum Gasteiger partial charge on any atom is 0.220 e. The first kappa shape index (κ1) is 9.79. The van der Waals surface area contributed by atoms with Crippen molar-refractivity contribution in [2.75, 3.05) is 12.3 Å². The van der Waals surface area contributed by atoms with Gasteiger partial charge in [-0.15, -0.1) is 0 Å². The second-order valence-corrected chi connectivity index (χ2v) is 3.20. The number of rotatable bonds is 2. The zero-order valence-corrected chi connectivity index (χ0v) is 8.07. The minimum absolute atomic E-state index is 0.0797. The summed E-state index contributed by atoms with van der Waals surface area (Å²) in [6, 6.07) is 4.74. The smallest absolute Gasteiger partial charge is 0.220 e. The number of benzene rings is 1. The number of hydrogen-bond donors (Lipinski definition) is 2. The Morgan fingerprint density at radius 2 is 2.07 bits per heavy atom. The van der Waals surface area contributed by atoms with Gasteiger partial charge in [0.05, 0.1) is 5.69 Å². The van der Waals surface area contributed by atoms with Gasteiger partial charge >= 0.3 is 0 Å². The fourth-order valence-corrected chi connectivity index (χ4v) is 1.53. The monoisotopic (exact) mass is 206 g/mol. The average Bonchev–Trinajstić information content (AvgIpc) is 2.20. The number of nitrogens with zero attached hydrogens (tertiary/aromatic N) is 2. The minimum Gasteiger partial charge on any atom is -0.368 e. The van der Waals surface area contributed by atoms with Gasteiger partial charge in [-0.3, -0.25) is 0 Å². The molecule has 0 unspecified atom stereocenters. The van der Waals surface area contributed by atoms with Crippen molar-refractivity contribution in [1.29, 1.82) is 0 Å². The van der Waals surface area contributed by atoms with Crippen molar-refractivity contribution < 1.29 is 4.39 Å². The molecule has 0 saturated heterocycles. The highest BCUT2D eigenvalue weighted by atomic mass is 19.1. The molecule has 78 valence electrons. The Balaban J connectivity index is 2.74. The summed E-state index contributed by atoms with van der Waals surface area (Å²) in [5, 5.41) is 0.676. The summed E-state index contributed by atoms with van der Waals surface area (Å²) in [6.45, 7) is 0.446. The lowest BCUT2D eigenvalue weighted by Gasteiger charge is -2.05. The fourth-order valence-electron chi connectivity index (χ4n) is 1.53. The van der Waals surface area contributed by atoms with E-state index in [2.05, 4.69) is 9.97 Å². The lowest BCUT2D eigenvalue weighted by molar-refractivity contribution is 0.636. The van der Waals surface area contributed by atoms with Crippen LogP contribution in [-0.4, -0.2) is 16.5 Å². The normalized spacial score (nSPS) is 10.8. The standard InChI is InChI=1S/C10H11FN4/c11-7-3-1-2-6-8(4-5-12)14-10(13)15-9(6)7/h1-3H,4-5,12H2,(H2,13,14,15). The number of nitrogens with two attached hydrogens (primary N) is 2. The van der Waals surface area contributed by atoms with Crippen molar-refractivity contribution in [2.45, 2.75) is 6.42 Å². The Morgan fingerprint density at radius 1 is 1.27 bits per heavy atom. The van der Waals surface area contributed by atoms with Crippen molar-refractivity contribution in [3.63, 3.8) is 0 Å². The second kappa shape index (κ2) is 3.78. The maximum atomic E-state index is 13.4. The topological polar surface area (TPSA) is 77.8 Å². The van der Waals surface area contributed by atoms with Crippen LogP contribution in [0.25, 0.3) is 10.9 Å². The molecule has 2 aromatic rings. The molecule has 1 aromatic heterocycles. The van der Waals surface area contributed by atoms with E-state index in [0.717, 1.165) is 0 Å². The van der Waals surface area contributed by atoms with Gasteiger partial charge in [-0.05, 0) is 12.6 Å². The van der Waals surface area contributed by atoms with Gasteiger partial charge in [0.15, 0.2) is 0 Å².